The summed E-state index contributed by atoms with van der Waals surface area (Å²) < 4.78 is 54.7. The van der Waals surface area contributed by atoms with Gasteiger partial charge in [0.2, 0.25) is 0 Å². The molecule has 0 aromatic rings. The second-order valence-corrected chi connectivity index (χ2v) is 23.8. The third kappa shape index (κ3) is 10.2. The first kappa shape index (κ1) is 57.5. The molecule has 23 nitrogen and oxygen atoms in total. The molecule has 8 fully saturated rings. The van der Waals surface area contributed by atoms with Crippen molar-refractivity contribution in [2.24, 2.45) is 46.3 Å². The molecule has 0 radical (unpaired) electrons. The van der Waals surface area contributed by atoms with Crippen LogP contribution in [0.25, 0.3) is 0 Å². The Bertz CT molecular complexity index is 1920. The van der Waals surface area contributed by atoms with Crippen LogP contribution in [0.5, 0.6) is 0 Å². The van der Waals surface area contributed by atoms with Crippen molar-refractivity contribution in [3.63, 3.8) is 0 Å². The molecule has 426 valence electrons. The van der Waals surface area contributed by atoms with Crippen molar-refractivity contribution in [3.8, 4) is 0 Å². The van der Waals surface area contributed by atoms with E-state index in [1.165, 1.54) is 12.5 Å². The number of aliphatic hydroxyl groups excluding tert-OH is 13. The van der Waals surface area contributed by atoms with Gasteiger partial charge in [0.05, 0.1) is 44.7 Å². The molecule has 23 heteroatoms. The van der Waals surface area contributed by atoms with Gasteiger partial charge in [0, 0.05) is 12.3 Å². The Hall–Kier alpha value is -1.18. The Morgan fingerprint density at radius 2 is 1.20 bits per heavy atom. The fourth-order valence-electron chi connectivity index (χ4n) is 15.0. The lowest BCUT2D eigenvalue weighted by atomic mass is 9.47. The zero-order chi connectivity index (χ0) is 53.5. The molecule has 9 aliphatic rings. The highest BCUT2D eigenvalue weighted by Gasteiger charge is 2.68. The first-order chi connectivity index (χ1) is 35.0. The Morgan fingerprint density at radius 1 is 0.635 bits per heavy atom. The number of hydrogen-bond donors (Lipinski definition) is 14. The van der Waals surface area contributed by atoms with Gasteiger partial charge in [0.1, 0.15) is 91.6 Å². The molecule has 5 heterocycles. The number of aliphatic hydroxyl groups is 14. The van der Waals surface area contributed by atoms with Gasteiger partial charge < -0.3 is 114 Å². The van der Waals surface area contributed by atoms with E-state index >= 15 is 0 Å². The van der Waals surface area contributed by atoms with E-state index < -0.39 is 155 Å². The molecule has 4 aliphatic carbocycles. The summed E-state index contributed by atoms with van der Waals surface area (Å²) in [4.78, 5) is 0. The van der Waals surface area contributed by atoms with Gasteiger partial charge in [-0.25, -0.2) is 0 Å². The SMILES string of the molecule is C[C@@H](CCC1(O)O[C@H]2C[C@H]3[C@@H]4CC=C5C[C@@H](O[C@@H]6O[C@H](CO)[C@@H](O)[C@H](O[C@@H]7O[C@H](CO)[C@@H](O)[C@H](O)[C@H]7O)[C@H]6O[C@@H]6O[C@@H](C)[C@H](O)[C@@H](O)[C@H]6O)CC[C@]5(C)[C@H]4CC[C@]3(C)[C@H]2[C@@H]1C)CO[C@@H]1O[C@H](CO)[C@@H](O)[C@H](O)[C@H]1O. The molecule has 5 aliphatic heterocycles. The lowest BCUT2D eigenvalue weighted by molar-refractivity contribution is -0.394. The third-order valence-electron chi connectivity index (χ3n) is 19.5. The molecule has 9 rings (SSSR count). The van der Waals surface area contributed by atoms with E-state index in [4.69, 9.17) is 42.6 Å². The van der Waals surface area contributed by atoms with Crippen LogP contribution in [0, 0.1) is 46.3 Å². The van der Waals surface area contributed by atoms with E-state index in [1.807, 2.05) is 6.92 Å². The molecule has 31 atom stereocenters. The van der Waals surface area contributed by atoms with Crippen LogP contribution in [0.4, 0.5) is 0 Å². The van der Waals surface area contributed by atoms with Crippen molar-refractivity contribution >= 4 is 0 Å². The van der Waals surface area contributed by atoms with Crippen LogP contribution >= 0.6 is 0 Å². The zero-order valence-electron chi connectivity index (χ0n) is 42.9. The monoisotopic (exact) mass is 1060 g/mol. The van der Waals surface area contributed by atoms with E-state index in [0.717, 1.165) is 32.1 Å². The molecule has 3 saturated carbocycles. The largest absolute Gasteiger partial charge is 0.394 e. The highest BCUT2D eigenvalue weighted by atomic mass is 16.8. The van der Waals surface area contributed by atoms with Gasteiger partial charge in [0.15, 0.2) is 30.9 Å². The van der Waals surface area contributed by atoms with Gasteiger partial charge in [-0.2, -0.15) is 0 Å². The quantitative estimate of drug-likeness (QED) is 0.0727. The molecule has 0 amide bonds. The van der Waals surface area contributed by atoms with E-state index in [0.29, 0.717) is 43.4 Å². The van der Waals surface area contributed by atoms with Gasteiger partial charge >= 0.3 is 0 Å². The molecule has 0 spiro atoms. The molecular weight excluding hydrogens is 981 g/mol. The first-order valence-electron chi connectivity index (χ1n) is 26.9. The normalized spacial score (nSPS) is 54.9. The minimum Gasteiger partial charge on any atom is -0.394 e. The van der Waals surface area contributed by atoms with Crippen LogP contribution in [0.1, 0.15) is 92.4 Å². The highest BCUT2D eigenvalue weighted by molar-refractivity contribution is 5.26. The van der Waals surface area contributed by atoms with Gasteiger partial charge in [-0.1, -0.05) is 39.3 Å². The number of fused-ring (bicyclic) bond motifs is 7. The molecule has 14 N–H and O–H groups in total. The fraction of sp³-hybridized carbons (Fsp3) is 0.961. The summed E-state index contributed by atoms with van der Waals surface area (Å²) in [6.07, 6.45) is -22.5. The lowest BCUT2D eigenvalue weighted by Gasteiger charge is -2.58. The van der Waals surface area contributed by atoms with Gasteiger partial charge in [-0.3, -0.25) is 0 Å². The highest BCUT2D eigenvalue weighted by Crippen LogP contribution is 2.70. The van der Waals surface area contributed by atoms with Gasteiger partial charge in [-0.05, 0) is 98.7 Å². The Kier molecular flexibility index (Phi) is 17.4. The summed E-state index contributed by atoms with van der Waals surface area (Å²) in [6.45, 7) is 8.33. The van der Waals surface area contributed by atoms with Crippen LogP contribution < -0.4 is 0 Å². The minimum absolute atomic E-state index is 0.0769. The van der Waals surface area contributed by atoms with Crippen LogP contribution in [0.2, 0.25) is 0 Å². The third-order valence-corrected chi connectivity index (χ3v) is 19.5. The molecule has 1 unspecified atom stereocenters. The lowest BCUT2D eigenvalue weighted by Crippen LogP contribution is -2.67. The Morgan fingerprint density at radius 3 is 1.85 bits per heavy atom. The van der Waals surface area contributed by atoms with Crippen molar-refractivity contribution in [1.29, 1.82) is 0 Å². The van der Waals surface area contributed by atoms with Crippen molar-refractivity contribution in [3.05, 3.63) is 11.6 Å². The number of allylic oxidation sites excluding steroid dienone is 1. The molecule has 0 bridgehead atoms. The van der Waals surface area contributed by atoms with Crippen molar-refractivity contribution in [2.45, 2.75) is 233 Å². The summed E-state index contributed by atoms with van der Waals surface area (Å²) in [6, 6.07) is 0. The van der Waals surface area contributed by atoms with Crippen LogP contribution in [-0.4, -0.2) is 239 Å². The average Bonchev–Trinajstić information content (AvgIpc) is 3.82. The van der Waals surface area contributed by atoms with Crippen molar-refractivity contribution in [1.82, 2.24) is 0 Å². The first-order valence-corrected chi connectivity index (χ1v) is 26.9. The van der Waals surface area contributed by atoms with Crippen molar-refractivity contribution in [2.75, 3.05) is 26.4 Å². The van der Waals surface area contributed by atoms with E-state index in [-0.39, 0.29) is 41.3 Å². The van der Waals surface area contributed by atoms with E-state index in [9.17, 15) is 71.5 Å². The van der Waals surface area contributed by atoms with Gasteiger partial charge in [-0.15, -0.1) is 0 Å². The number of ether oxygens (including phenoxy) is 9. The second kappa shape index (κ2) is 22.4. The topological polar surface area (TPSA) is 366 Å². The van der Waals surface area contributed by atoms with E-state index in [2.05, 4.69) is 26.8 Å². The summed E-state index contributed by atoms with van der Waals surface area (Å²) in [5, 5.41) is 149. The maximum Gasteiger partial charge on any atom is 0.187 e. The summed E-state index contributed by atoms with van der Waals surface area (Å²) in [7, 11) is 0. The van der Waals surface area contributed by atoms with Crippen LogP contribution in [0.15, 0.2) is 11.6 Å². The van der Waals surface area contributed by atoms with Crippen LogP contribution in [0.3, 0.4) is 0 Å². The fourth-order valence-corrected chi connectivity index (χ4v) is 15.0. The molecule has 5 saturated heterocycles. The second-order valence-electron chi connectivity index (χ2n) is 23.8. The number of hydrogen-bond acceptors (Lipinski definition) is 23. The Balaban J connectivity index is 0.864. The predicted octanol–water partition coefficient (Wildman–Crippen LogP) is -3.01. The molecular formula is C51H84O23. The van der Waals surface area contributed by atoms with Gasteiger partial charge in [0.25, 0.3) is 0 Å². The zero-order valence-corrected chi connectivity index (χ0v) is 42.9. The smallest absolute Gasteiger partial charge is 0.187 e. The summed E-state index contributed by atoms with van der Waals surface area (Å²) >= 11 is 0. The van der Waals surface area contributed by atoms with Crippen LogP contribution in [-0.2, 0) is 42.6 Å². The summed E-state index contributed by atoms with van der Waals surface area (Å²) in [5.41, 5.74) is 0.989. The summed E-state index contributed by atoms with van der Waals surface area (Å²) in [5.74, 6) is -0.351. The minimum atomic E-state index is -1.88. The maximum absolute atomic E-state index is 12.1. The average molecular weight is 1070 g/mol. The predicted molar refractivity (Wildman–Crippen MR) is 250 cm³/mol. The molecule has 0 aromatic carbocycles. The molecule has 0 aromatic heterocycles. The molecule has 74 heavy (non-hydrogen) atoms. The Labute approximate surface area is 430 Å². The van der Waals surface area contributed by atoms with Crippen molar-refractivity contribution < 1.29 is 114 Å². The number of rotatable bonds is 15. The standard InChI is InChI=1S/C51H84O23/c1-20(19-66-45-40(62)38(60)34(56)29(16-52)69-45)8-13-51(65)21(2)32-28(74-51)15-27-25-7-6-23-14-24(9-11-49(23,4)26(25)10-12-50(27,32)5)68-48-44(73-46-41(63)37(59)33(55)22(3)67-46)43(36(58)31(18-54)71-48)72-47-42(64)39(61)35(57)30(17-53)70-47/h6,20-22,24-48,52-65H,7-19H2,1-5H3/t20-,21-,22-,24-,25+,26-,27-,28-,29+,30+,31+,32-,33-,34+,35+,36+,37+,38-,39-,40+,41+,42+,43-,44+,45+,46-,47-,48+,49-,50-,51?/m0/s1. The maximum atomic E-state index is 12.1. The van der Waals surface area contributed by atoms with E-state index in [1.54, 1.807) is 0 Å².